The van der Waals surface area contributed by atoms with Gasteiger partial charge in [0.05, 0.1) is 17.6 Å². The summed E-state index contributed by atoms with van der Waals surface area (Å²) in [4.78, 5) is 11.2. The Kier molecular flexibility index (Phi) is 3.62. The Balaban J connectivity index is 2.62. The van der Waals surface area contributed by atoms with E-state index in [1.807, 2.05) is 32.9 Å². The SMILES string of the molecule is Cc1cc(-n2ncc(C(=O)O)c2C(C)C)ccc1Cl. The zero-order chi connectivity index (χ0) is 14.2. The van der Waals surface area contributed by atoms with Crippen molar-refractivity contribution in [3.8, 4) is 5.69 Å². The molecule has 0 fully saturated rings. The van der Waals surface area contributed by atoms with Crippen molar-refractivity contribution >= 4 is 17.6 Å². The summed E-state index contributed by atoms with van der Waals surface area (Å²) in [5.74, 6) is -0.898. The lowest BCUT2D eigenvalue weighted by Crippen LogP contribution is -2.08. The minimum atomic E-state index is -0.958. The molecule has 0 amide bonds. The number of carbonyl (C=O) groups is 1. The van der Waals surface area contributed by atoms with Crippen LogP contribution < -0.4 is 0 Å². The zero-order valence-corrected chi connectivity index (χ0v) is 11.8. The number of carboxylic acids is 1. The molecule has 0 bridgehead atoms. The van der Waals surface area contributed by atoms with Crippen molar-refractivity contribution in [3.05, 3.63) is 46.2 Å². The number of aromatic nitrogens is 2. The van der Waals surface area contributed by atoms with Gasteiger partial charge in [0.2, 0.25) is 0 Å². The van der Waals surface area contributed by atoms with Crippen molar-refractivity contribution in [1.82, 2.24) is 9.78 Å². The quantitative estimate of drug-likeness (QED) is 0.932. The van der Waals surface area contributed by atoms with Crippen molar-refractivity contribution in [2.45, 2.75) is 26.7 Å². The van der Waals surface area contributed by atoms with Crippen molar-refractivity contribution in [2.75, 3.05) is 0 Å². The van der Waals surface area contributed by atoms with Crippen LogP contribution in [0.3, 0.4) is 0 Å². The minimum absolute atomic E-state index is 0.0598. The Bertz CT molecular complexity index is 632. The first-order valence-corrected chi connectivity index (χ1v) is 6.37. The summed E-state index contributed by atoms with van der Waals surface area (Å²) in [6, 6.07) is 5.52. The second kappa shape index (κ2) is 5.05. The Labute approximate surface area is 116 Å². The molecule has 1 heterocycles. The number of halogens is 1. The summed E-state index contributed by atoms with van der Waals surface area (Å²) in [5, 5.41) is 14.1. The van der Waals surface area contributed by atoms with E-state index in [-0.39, 0.29) is 11.5 Å². The molecule has 0 saturated carbocycles. The number of hydrogen-bond acceptors (Lipinski definition) is 2. The van der Waals surface area contributed by atoms with Crippen LogP contribution in [0.15, 0.2) is 24.4 Å². The van der Waals surface area contributed by atoms with Crippen LogP contribution in [0, 0.1) is 6.92 Å². The van der Waals surface area contributed by atoms with Gasteiger partial charge in [0.25, 0.3) is 0 Å². The summed E-state index contributed by atoms with van der Waals surface area (Å²) >= 11 is 6.00. The van der Waals surface area contributed by atoms with Gasteiger partial charge in [-0.15, -0.1) is 0 Å². The lowest BCUT2D eigenvalue weighted by molar-refractivity contribution is 0.0695. The fraction of sp³-hybridized carbons (Fsp3) is 0.286. The zero-order valence-electron chi connectivity index (χ0n) is 11.0. The molecule has 2 rings (SSSR count). The van der Waals surface area contributed by atoms with E-state index in [1.165, 1.54) is 6.20 Å². The number of rotatable bonds is 3. The molecule has 4 nitrogen and oxygen atoms in total. The predicted molar refractivity (Wildman–Crippen MR) is 74.4 cm³/mol. The van der Waals surface area contributed by atoms with Crippen LogP contribution in [0.2, 0.25) is 5.02 Å². The van der Waals surface area contributed by atoms with Gasteiger partial charge in [-0.1, -0.05) is 25.4 Å². The van der Waals surface area contributed by atoms with Gasteiger partial charge in [-0.3, -0.25) is 0 Å². The monoisotopic (exact) mass is 278 g/mol. The molecule has 100 valence electrons. The van der Waals surface area contributed by atoms with Gasteiger partial charge in [0.15, 0.2) is 0 Å². The molecule has 0 aliphatic heterocycles. The number of nitrogens with zero attached hydrogens (tertiary/aromatic N) is 2. The molecule has 0 radical (unpaired) electrons. The Morgan fingerprint density at radius 1 is 1.42 bits per heavy atom. The summed E-state index contributed by atoms with van der Waals surface area (Å²) in [6.07, 6.45) is 1.39. The molecular formula is C14H15ClN2O2. The summed E-state index contributed by atoms with van der Waals surface area (Å²) < 4.78 is 1.66. The maximum absolute atomic E-state index is 11.2. The van der Waals surface area contributed by atoms with Crippen molar-refractivity contribution in [1.29, 1.82) is 0 Å². The molecule has 1 aromatic heterocycles. The topological polar surface area (TPSA) is 55.1 Å². The van der Waals surface area contributed by atoms with Crippen molar-refractivity contribution in [3.63, 3.8) is 0 Å². The molecule has 5 heteroatoms. The van der Waals surface area contributed by atoms with Crippen LogP contribution in [0.5, 0.6) is 0 Å². The highest BCUT2D eigenvalue weighted by atomic mass is 35.5. The maximum Gasteiger partial charge on any atom is 0.339 e. The first-order valence-electron chi connectivity index (χ1n) is 5.99. The van der Waals surface area contributed by atoms with E-state index < -0.39 is 5.97 Å². The molecule has 0 saturated heterocycles. The Hall–Kier alpha value is -1.81. The number of aromatic carboxylic acids is 1. The van der Waals surface area contributed by atoms with Gasteiger partial charge in [-0.05, 0) is 36.6 Å². The van der Waals surface area contributed by atoms with Gasteiger partial charge in [0, 0.05) is 5.02 Å². The summed E-state index contributed by atoms with van der Waals surface area (Å²) in [5.41, 5.74) is 2.68. The minimum Gasteiger partial charge on any atom is -0.478 e. The Morgan fingerprint density at radius 3 is 2.63 bits per heavy atom. The number of aryl methyl sites for hydroxylation is 1. The van der Waals surface area contributed by atoms with Crippen LogP contribution >= 0.6 is 11.6 Å². The second-order valence-corrected chi connectivity index (χ2v) is 5.16. The lowest BCUT2D eigenvalue weighted by Gasteiger charge is -2.12. The molecule has 0 spiro atoms. The maximum atomic E-state index is 11.2. The molecule has 0 atom stereocenters. The molecule has 0 aliphatic rings. The van der Waals surface area contributed by atoms with E-state index in [0.717, 1.165) is 11.3 Å². The first kappa shape index (κ1) is 13.6. The molecule has 1 N–H and O–H groups in total. The fourth-order valence-electron chi connectivity index (χ4n) is 2.04. The molecular weight excluding hydrogens is 264 g/mol. The predicted octanol–water partition coefficient (Wildman–Crippen LogP) is 3.66. The number of carboxylic acid groups (broad SMARTS) is 1. The normalized spacial score (nSPS) is 11.0. The highest BCUT2D eigenvalue weighted by Gasteiger charge is 2.20. The Morgan fingerprint density at radius 2 is 2.11 bits per heavy atom. The van der Waals surface area contributed by atoms with Crippen LogP contribution in [-0.2, 0) is 0 Å². The van der Waals surface area contributed by atoms with Gasteiger partial charge in [-0.2, -0.15) is 5.10 Å². The van der Waals surface area contributed by atoms with Gasteiger partial charge in [-0.25, -0.2) is 9.48 Å². The third-order valence-electron chi connectivity index (χ3n) is 2.97. The summed E-state index contributed by atoms with van der Waals surface area (Å²) in [7, 11) is 0. The highest BCUT2D eigenvalue weighted by Crippen LogP contribution is 2.25. The third kappa shape index (κ3) is 2.49. The molecule has 1 aromatic carbocycles. The smallest absolute Gasteiger partial charge is 0.339 e. The largest absolute Gasteiger partial charge is 0.478 e. The van der Waals surface area contributed by atoms with Crippen molar-refractivity contribution in [2.24, 2.45) is 0 Å². The van der Waals surface area contributed by atoms with Crippen LogP contribution in [0.4, 0.5) is 0 Å². The molecule has 19 heavy (non-hydrogen) atoms. The fourth-order valence-corrected chi connectivity index (χ4v) is 2.16. The van der Waals surface area contributed by atoms with E-state index >= 15 is 0 Å². The molecule has 0 unspecified atom stereocenters. The van der Waals surface area contributed by atoms with E-state index in [4.69, 9.17) is 11.6 Å². The average Bonchev–Trinajstić information content (AvgIpc) is 2.77. The molecule has 2 aromatic rings. The van der Waals surface area contributed by atoms with E-state index in [0.29, 0.717) is 10.7 Å². The van der Waals surface area contributed by atoms with Gasteiger partial charge >= 0.3 is 5.97 Å². The highest BCUT2D eigenvalue weighted by molar-refractivity contribution is 6.31. The number of benzene rings is 1. The van der Waals surface area contributed by atoms with E-state index in [2.05, 4.69) is 5.10 Å². The standard InChI is InChI=1S/C14H15ClN2O2/c1-8(2)13-11(14(18)19)7-16-17(13)10-4-5-12(15)9(3)6-10/h4-8H,1-3H3,(H,18,19). The second-order valence-electron chi connectivity index (χ2n) is 4.75. The number of hydrogen-bond donors (Lipinski definition) is 1. The summed E-state index contributed by atoms with van der Waals surface area (Å²) in [6.45, 7) is 5.80. The average molecular weight is 279 g/mol. The van der Waals surface area contributed by atoms with Gasteiger partial charge < -0.3 is 5.11 Å². The first-order chi connectivity index (χ1) is 8.91. The third-order valence-corrected chi connectivity index (χ3v) is 3.39. The van der Waals surface area contributed by atoms with Crippen LogP contribution in [-0.4, -0.2) is 20.9 Å². The molecule has 0 aliphatic carbocycles. The van der Waals surface area contributed by atoms with E-state index in [9.17, 15) is 9.90 Å². The van der Waals surface area contributed by atoms with E-state index in [1.54, 1.807) is 10.7 Å². The van der Waals surface area contributed by atoms with Crippen LogP contribution in [0.1, 0.15) is 41.4 Å². The van der Waals surface area contributed by atoms with Crippen molar-refractivity contribution < 1.29 is 9.90 Å². The lowest BCUT2D eigenvalue weighted by atomic mass is 10.1. The van der Waals surface area contributed by atoms with Crippen LogP contribution in [0.25, 0.3) is 5.69 Å². The van der Waals surface area contributed by atoms with Gasteiger partial charge in [0.1, 0.15) is 5.56 Å².